The number of ketones is 1. The first-order chi connectivity index (χ1) is 7.09. The quantitative estimate of drug-likeness (QED) is 0.529. The van der Waals surface area contributed by atoms with Crippen molar-refractivity contribution in [2.75, 3.05) is 0 Å². The van der Waals surface area contributed by atoms with Crippen molar-refractivity contribution in [1.82, 2.24) is 5.43 Å². The zero-order chi connectivity index (χ0) is 11.3. The monoisotopic (exact) mass is 207 g/mol. The van der Waals surface area contributed by atoms with Gasteiger partial charge in [-0.3, -0.25) is 4.79 Å². The van der Waals surface area contributed by atoms with Crippen LogP contribution >= 0.6 is 0 Å². The van der Waals surface area contributed by atoms with Crippen LogP contribution in [0.4, 0.5) is 4.79 Å². The lowest BCUT2D eigenvalue weighted by molar-refractivity contribution is -0.111. The van der Waals surface area contributed by atoms with Crippen LogP contribution in [0.25, 0.3) is 0 Å². The number of carbonyl (C=O) groups excluding carboxylic acids is 2. The van der Waals surface area contributed by atoms with Gasteiger partial charge in [0.15, 0.2) is 5.78 Å². The van der Waals surface area contributed by atoms with Gasteiger partial charge in [-0.2, -0.15) is 5.10 Å². The molecule has 1 aliphatic rings. The molecule has 5 heteroatoms. The summed E-state index contributed by atoms with van der Waals surface area (Å²) in [5.41, 5.74) is 8.49. The molecule has 15 heavy (non-hydrogen) atoms. The first-order valence-electron chi connectivity index (χ1n) is 4.60. The Morgan fingerprint density at radius 3 is 2.87 bits per heavy atom. The molecule has 0 atom stereocenters. The molecule has 0 aromatic heterocycles. The molecule has 1 rings (SSSR count). The number of primary amides is 1. The van der Waals surface area contributed by atoms with Gasteiger partial charge in [0.25, 0.3) is 0 Å². The molecule has 80 valence electrons. The highest BCUT2D eigenvalue weighted by Crippen LogP contribution is 2.13. The number of hydrogen-bond donors (Lipinski definition) is 2. The number of carbonyl (C=O) groups is 2. The molecule has 0 saturated carbocycles. The topological polar surface area (TPSA) is 84.6 Å². The zero-order valence-corrected chi connectivity index (χ0v) is 8.49. The predicted octanol–water partition coefficient (Wildman–Crippen LogP) is 0.876. The van der Waals surface area contributed by atoms with Crippen LogP contribution in [0.2, 0.25) is 0 Å². The summed E-state index contributed by atoms with van der Waals surface area (Å²) in [5, 5.41) is 3.74. The maximum Gasteiger partial charge on any atom is 0.332 e. The van der Waals surface area contributed by atoms with Crippen LogP contribution in [0, 0.1) is 0 Å². The average molecular weight is 207 g/mol. The number of hydrazone groups is 1. The molecule has 0 aromatic carbocycles. The normalized spacial score (nSPS) is 15.4. The fourth-order valence-electron chi connectivity index (χ4n) is 1.17. The fourth-order valence-corrected chi connectivity index (χ4v) is 1.17. The standard InChI is InChI=1S/C10H13N3O2/c1-7(12-13-10(11)15)5-6-8-3-2-4-9(8)14/h2-4H,5-6H2,1H3,(H3,11,13,15)/b12-7+. The summed E-state index contributed by atoms with van der Waals surface area (Å²) in [6.45, 7) is 1.77. The Morgan fingerprint density at radius 1 is 1.60 bits per heavy atom. The van der Waals surface area contributed by atoms with Gasteiger partial charge in [-0.15, -0.1) is 0 Å². The van der Waals surface area contributed by atoms with Crippen LogP contribution in [0.3, 0.4) is 0 Å². The molecule has 0 unspecified atom stereocenters. The molecule has 0 saturated heterocycles. The number of hydrogen-bond acceptors (Lipinski definition) is 3. The van der Waals surface area contributed by atoms with Crippen molar-refractivity contribution in [1.29, 1.82) is 0 Å². The van der Waals surface area contributed by atoms with E-state index in [1.807, 2.05) is 0 Å². The van der Waals surface area contributed by atoms with E-state index in [1.165, 1.54) is 6.08 Å². The number of nitrogens with one attached hydrogen (secondary N) is 1. The van der Waals surface area contributed by atoms with Crippen molar-refractivity contribution in [2.24, 2.45) is 10.8 Å². The van der Waals surface area contributed by atoms with E-state index in [4.69, 9.17) is 5.73 Å². The summed E-state index contributed by atoms with van der Waals surface area (Å²) in [6, 6.07) is -0.688. The SMILES string of the molecule is C/C(CCC1=CC=CC1=O)=N\NC(N)=O. The van der Waals surface area contributed by atoms with Gasteiger partial charge >= 0.3 is 6.03 Å². The van der Waals surface area contributed by atoms with E-state index in [-0.39, 0.29) is 5.78 Å². The molecule has 0 spiro atoms. The number of nitrogens with zero attached hydrogens (tertiary/aromatic N) is 1. The summed E-state index contributed by atoms with van der Waals surface area (Å²) >= 11 is 0. The molecular formula is C10H13N3O2. The van der Waals surface area contributed by atoms with Crippen molar-refractivity contribution in [3.8, 4) is 0 Å². The largest absolute Gasteiger partial charge is 0.350 e. The van der Waals surface area contributed by atoms with Crippen LogP contribution in [0.1, 0.15) is 19.8 Å². The first kappa shape index (κ1) is 11.2. The van der Waals surface area contributed by atoms with Gasteiger partial charge < -0.3 is 5.73 Å². The van der Waals surface area contributed by atoms with E-state index >= 15 is 0 Å². The Balaban J connectivity index is 2.34. The van der Waals surface area contributed by atoms with E-state index in [0.717, 1.165) is 11.3 Å². The van der Waals surface area contributed by atoms with Gasteiger partial charge in [0, 0.05) is 5.71 Å². The number of urea groups is 1. The van der Waals surface area contributed by atoms with Crippen molar-refractivity contribution in [2.45, 2.75) is 19.8 Å². The minimum absolute atomic E-state index is 0.0469. The maximum absolute atomic E-state index is 11.2. The molecule has 0 radical (unpaired) electrons. The fraction of sp³-hybridized carbons (Fsp3) is 0.300. The molecule has 1 aliphatic carbocycles. The summed E-state index contributed by atoms with van der Waals surface area (Å²) in [4.78, 5) is 21.5. The lowest BCUT2D eigenvalue weighted by Crippen LogP contribution is -2.25. The molecular weight excluding hydrogens is 194 g/mol. The van der Waals surface area contributed by atoms with Crippen molar-refractivity contribution < 1.29 is 9.59 Å². The van der Waals surface area contributed by atoms with Crippen LogP contribution < -0.4 is 11.2 Å². The molecule has 0 bridgehead atoms. The summed E-state index contributed by atoms with van der Waals surface area (Å²) < 4.78 is 0. The smallest absolute Gasteiger partial charge is 0.332 e. The lowest BCUT2D eigenvalue weighted by Gasteiger charge is -2.01. The second kappa shape index (κ2) is 5.09. The van der Waals surface area contributed by atoms with E-state index in [0.29, 0.717) is 12.8 Å². The van der Waals surface area contributed by atoms with Crippen molar-refractivity contribution >= 4 is 17.5 Å². The average Bonchev–Trinajstić information content (AvgIpc) is 2.58. The van der Waals surface area contributed by atoms with Gasteiger partial charge in [0.1, 0.15) is 0 Å². The molecule has 5 nitrogen and oxygen atoms in total. The third-order valence-electron chi connectivity index (χ3n) is 1.97. The molecule has 0 aliphatic heterocycles. The molecule has 3 N–H and O–H groups in total. The summed E-state index contributed by atoms with van der Waals surface area (Å²) in [5.74, 6) is 0.0469. The number of amides is 2. The van der Waals surface area contributed by atoms with E-state index in [1.54, 1.807) is 19.1 Å². The van der Waals surface area contributed by atoms with Gasteiger partial charge in [0.2, 0.25) is 0 Å². The molecule has 0 heterocycles. The van der Waals surface area contributed by atoms with Crippen LogP contribution in [-0.4, -0.2) is 17.5 Å². The second-order valence-electron chi connectivity index (χ2n) is 3.24. The van der Waals surface area contributed by atoms with Gasteiger partial charge in [-0.25, -0.2) is 10.2 Å². The predicted molar refractivity (Wildman–Crippen MR) is 57.3 cm³/mol. The molecule has 2 amide bonds. The van der Waals surface area contributed by atoms with Crippen LogP contribution in [0.15, 0.2) is 28.9 Å². The van der Waals surface area contributed by atoms with Crippen LogP contribution in [0.5, 0.6) is 0 Å². The number of rotatable bonds is 4. The highest BCUT2D eigenvalue weighted by atomic mass is 16.2. The zero-order valence-electron chi connectivity index (χ0n) is 8.49. The third kappa shape index (κ3) is 3.76. The molecule has 0 fully saturated rings. The molecule has 0 aromatic rings. The highest BCUT2D eigenvalue weighted by Gasteiger charge is 2.09. The van der Waals surface area contributed by atoms with Gasteiger partial charge in [-0.1, -0.05) is 12.2 Å². The number of allylic oxidation sites excluding steroid dienone is 4. The Morgan fingerprint density at radius 2 is 2.33 bits per heavy atom. The van der Waals surface area contributed by atoms with Gasteiger partial charge in [-0.05, 0) is 31.4 Å². The van der Waals surface area contributed by atoms with E-state index in [9.17, 15) is 9.59 Å². The minimum atomic E-state index is -0.688. The number of nitrogens with two attached hydrogens (primary N) is 1. The maximum atomic E-state index is 11.2. The minimum Gasteiger partial charge on any atom is -0.350 e. The Kier molecular flexibility index (Phi) is 3.79. The van der Waals surface area contributed by atoms with Crippen LogP contribution in [-0.2, 0) is 4.79 Å². The Hall–Kier alpha value is -1.91. The lowest BCUT2D eigenvalue weighted by atomic mass is 10.1. The Bertz CT molecular complexity index is 367. The van der Waals surface area contributed by atoms with Crippen molar-refractivity contribution in [3.63, 3.8) is 0 Å². The van der Waals surface area contributed by atoms with E-state index < -0.39 is 6.03 Å². The third-order valence-corrected chi connectivity index (χ3v) is 1.97. The second-order valence-corrected chi connectivity index (χ2v) is 3.24. The van der Waals surface area contributed by atoms with E-state index in [2.05, 4.69) is 10.5 Å². The summed E-state index contributed by atoms with van der Waals surface area (Å²) in [7, 11) is 0. The highest BCUT2D eigenvalue weighted by molar-refractivity contribution is 6.07. The van der Waals surface area contributed by atoms with Crippen molar-refractivity contribution in [3.05, 3.63) is 23.8 Å². The first-order valence-corrected chi connectivity index (χ1v) is 4.60. The summed E-state index contributed by atoms with van der Waals surface area (Å²) in [6.07, 6.45) is 6.30. The van der Waals surface area contributed by atoms with Gasteiger partial charge in [0.05, 0.1) is 0 Å². The Labute approximate surface area is 87.7 Å².